The second-order valence-corrected chi connectivity index (χ2v) is 8.82. The fourth-order valence-corrected chi connectivity index (χ4v) is 3.37. The van der Waals surface area contributed by atoms with Gasteiger partial charge in [0.2, 0.25) is 0 Å². The quantitative estimate of drug-likeness (QED) is 0.733. The lowest BCUT2D eigenvalue weighted by Crippen LogP contribution is -2.54. The number of hydrogen-bond donors (Lipinski definition) is 0. The van der Waals surface area contributed by atoms with Crippen molar-refractivity contribution >= 4 is 0 Å². The fourth-order valence-electron chi connectivity index (χ4n) is 3.37. The third-order valence-electron chi connectivity index (χ3n) is 4.18. The van der Waals surface area contributed by atoms with E-state index in [9.17, 15) is 0 Å². The minimum absolute atomic E-state index is 0.280. The normalized spacial score (nSPS) is 27.8. The average molecular weight is 267 g/mol. The topological polar surface area (TPSA) is 6.48 Å². The van der Waals surface area contributed by atoms with Crippen molar-refractivity contribution in [2.24, 2.45) is 10.8 Å². The summed E-state index contributed by atoms with van der Waals surface area (Å²) in [4.78, 5) is 5.16. The molecule has 1 fully saturated rings. The van der Waals surface area contributed by atoms with Crippen LogP contribution in [0.5, 0.6) is 0 Å². The van der Waals surface area contributed by atoms with Crippen LogP contribution in [0.2, 0.25) is 0 Å². The van der Waals surface area contributed by atoms with Gasteiger partial charge in [-0.25, -0.2) is 0 Å². The zero-order valence-corrected chi connectivity index (χ0v) is 14.8. The van der Waals surface area contributed by atoms with E-state index in [-0.39, 0.29) is 10.8 Å². The summed E-state index contributed by atoms with van der Waals surface area (Å²) < 4.78 is 0. The van der Waals surface area contributed by atoms with Crippen LogP contribution in [0.25, 0.3) is 0 Å². The van der Waals surface area contributed by atoms with Crippen LogP contribution in [-0.4, -0.2) is 34.0 Å². The second-order valence-electron chi connectivity index (χ2n) is 8.82. The lowest BCUT2D eigenvalue weighted by Gasteiger charge is -2.45. The number of hydrogen-bond acceptors (Lipinski definition) is 2. The summed E-state index contributed by atoms with van der Waals surface area (Å²) in [6.07, 6.45) is 0. The largest absolute Gasteiger partial charge is 0.278 e. The van der Waals surface area contributed by atoms with Gasteiger partial charge in [0.15, 0.2) is 0 Å². The predicted molar refractivity (Wildman–Crippen MR) is 84.7 cm³/mol. The van der Waals surface area contributed by atoms with E-state index in [1.807, 2.05) is 0 Å². The van der Waals surface area contributed by atoms with Gasteiger partial charge in [-0.2, -0.15) is 0 Å². The molecular formula is C17H35N2. The first-order chi connectivity index (χ1) is 8.37. The Morgan fingerprint density at radius 1 is 0.684 bits per heavy atom. The lowest BCUT2D eigenvalue weighted by atomic mass is 9.72. The molecule has 1 heterocycles. The van der Waals surface area contributed by atoms with Crippen molar-refractivity contribution in [1.82, 2.24) is 9.80 Å². The molecule has 113 valence electrons. The van der Waals surface area contributed by atoms with Gasteiger partial charge in [0.1, 0.15) is 0 Å². The minimum atomic E-state index is 0.280. The van der Waals surface area contributed by atoms with Crippen LogP contribution in [-0.2, 0) is 0 Å². The van der Waals surface area contributed by atoms with Crippen molar-refractivity contribution in [2.45, 2.75) is 93.4 Å². The van der Waals surface area contributed by atoms with Crippen LogP contribution in [0, 0.1) is 17.5 Å². The van der Waals surface area contributed by atoms with E-state index in [0.717, 1.165) is 0 Å². The van der Waals surface area contributed by atoms with Gasteiger partial charge in [-0.3, -0.25) is 9.80 Å². The highest BCUT2D eigenvalue weighted by molar-refractivity contribution is 5.08. The summed E-state index contributed by atoms with van der Waals surface area (Å²) in [6.45, 7) is 25.9. The van der Waals surface area contributed by atoms with Crippen LogP contribution in [0.15, 0.2) is 0 Å². The number of rotatable bonds is 2. The second kappa shape index (κ2) is 5.37. The third kappa shape index (κ3) is 3.52. The Kier molecular flexibility index (Phi) is 4.79. The van der Waals surface area contributed by atoms with E-state index in [4.69, 9.17) is 0 Å². The Labute approximate surface area is 121 Å². The van der Waals surface area contributed by atoms with Gasteiger partial charge in [-0.05, 0) is 38.5 Å². The van der Waals surface area contributed by atoms with Crippen molar-refractivity contribution in [3.05, 3.63) is 6.67 Å². The molecule has 0 unspecified atom stereocenters. The van der Waals surface area contributed by atoms with Gasteiger partial charge in [-0.1, -0.05) is 41.5 Å². The third-order valence-corrected chi connectivity index (χ3v) is 4.18. The molecule has 2 atom stereocenters. The van der Waals surface area contributed by atoms with Crippen LogP contribution in [0.4, 0.5) is 0 Å². The van der Waals surface area contributed by atoms with Crippen molar-refractivity contribution in [2.75, 3.05) is 0 Å². The fraction of sp³-hybridized carbons (Fsp3) is 0.941. The SMILES string of the molecule is CC(C)N1[CH]N(C(C)C)[C@H](C(C)(C)C)[C@H]1C(C)(C)C. The Bertz CT molecular complexity index is 263. The Morgan fingerprint density at radius 3 is 1.11 bits per heavy atom. The molecule has 0 N–H and O–H groups in total. The molecule has 2 heteroatoms. The molecular weight excluding hydrogens is 232 g/mol. The summed E-state index contributed by atoms with van der Waals surface area (Å²) in [5.74, 6) is 0. The van der Waals surface area contributed by atoms with Crippen molar-refractivity contribution < 1.29 is 0 Å². The molecule has 0 saturated carbocycles. The van der Waals surface area contributed by atoms with Gasteiger partial charge < -0.3 is 0 Å². The average Bonchev–Trinajstić information content (AvgIpc) is 2.55. The van der Waals surface area contributed by atoms with E-state index in [0.29, 0.717) is 24.2 Å². The summed E-state index contributed by atoms with van der Waals surface area (Å²) in [5, 5.41) is 0. The van der Waals surface area contributed by atoms with E-state index < -0.39 is 0 Å². The molecule has 0 amide bonds. The predicted octanol–water partition coefficient (Wildman–Crippen LogP) is 4.37. The molecule has 0 aromatic carbocycles. The van der Waals surface area contributed by atoms with Crippen LogP contribution < -0.4 is 0 Å². The highest BCUT2D eigenvalue weighted by atomic mass is 15.4. The summed E-state index contributed by atoms with van der Waals surface area (Å²) in [5.41, 5.74) is 0.560. The first kappa shape index (κ1) is 17.0. The van der Waals surface area contributed by atoms with Gasteiger partial charge >= 0.3 is 0 Å². The van der Waals surface area contributed by atoms with Crippen LogP contribution in [0.1, 0.15) is 69.2 Å². The Morgan fingerprint density at radius 2 is 0.947 bits per heavy atom. The molecule has 1 aliphatic rings. The smallest absolute Gasteiger partial charge is 0.0932 e. The maximum Gasteiger partial charge on any atom is 0.0932 e. The number of nitrogens with zero attached hydrogens (tertiary/aromatic N) is 2. The van der Waals surface area contributed by atoms with Gasteiger partial charge in [0, 0.05) is 24.2 Å². The zero-order valence-electron chi connectivity index (χ0n) is 14.8. The lowest BCUT2D eigenvalue weighted by molar-refractivity contribution is 0.0583. The molecule has 0 aromatic rings. The molecule has 0 bridgehead atoms. The molecule has 0 aliphatic carbocycles. The first-order valence-electron chi connectivity index (χ1n) is 7.77. The molecule has 2 nitrogen and oxygen atoms in total. The van der Waals surface area contributed by atoms with Gasteiger partial charge in [0.25, 0.3) is 0 Å². The van der Waals surface area contributed by atoms with Gasteiger partial charge in [0.05, 0.1) is 6.67 Å². The van der Waals surface area contributed by atoms with E-state index >= 15 is 0 Å². The van der Waals surface area contributed by atoms with E-state index in [1.54, 1.807) is 0 Å². The van der Waals surface area contributed by atoms with Gasteiger partial charge in [-0.15, -0.1) is 0 Å². The zero-order chi connectivity index (χ0) is 15.2. The summed E-state index contributed by atoms with van der Waals surface area (Å²) in [7, 11) is 0. The van der Waals surface area contributed by atoms with Crippen molar-refractivity contribution in [3.8, 4) is 0 Å². The molecule has 1 aliphatic heterocycles. The molecule has 0 aromatic heterocycles. The minimum Gasteiger partial charge on any atom is -0.278 e. The maximum atomic E-state index is 2.58. The van der Waals surface area contributed by atoms with Crippen molar-refractivity contribution in [3.63, 3.8) is 0 Å². The van der Waals surface area contributed by atoms with Crippen LogP contribution in [0.3, 0.4) is 0 Å². The molecule has 1 saturated heterocycles. The van der Waals surface area contributed by atoms with E-state index in [2.05, 4.69) is 85.7 Å². The molecule has 0 spiro atoms. The Hall–Kier alpha value is -0.0800. The monoisotopic (exact) mass is 267 g/mol. The molecule has 19 heavy (non-hydrogen) atoms. The summed E-state index contributed by atoms with van der Waals surface area (Å²) >= 11 is 0. The standard InChI is InChI=1S/C17H35N2/c1-12(2)18-11-19(13(3)4)15(17(8,9)10)14(18)16(5,6)7/h11-15H,1-10H3/t14-,15-/m0/s1. The van der Waals surface area contributed by atoms with Crippen LogP contribution >= 0.6 is 0 Å². The first-order valence-corrected chi connectivity index (χ1v) is 7.77. The summed E-state index contributed by atoms with van der Waals surface area (Å²) in [6, 6.07) is 2.24. The highest BCUT2D eigenvalue weighted by Gasteiger charge is 2.51. The maximum absolute atomic E-state index is 2.58. The molecule has 1 radical (unpaired) electrons. The Balaban J connectivity index is 3.24. The van der Waals surface area contributed by atoms with Crippen molar-refractivity contribution in [1.29, 1.82) is 0 Å². The highest BCUT2D eigenvalue weighted by Crippen LogP contribution is 2.45. The molecule has 1 rings (SSSR count). The van der Waals surface area contributed by atoms with E-state index in [1.165, 1.54) is 0 Å².